The van der Waals surface area contributed by atoms with Crippen LogP contribution < -0.4 is 0 Å². The molecule has 72 valence electrons. The lowest BCUT2D eigenvalue weighted by atomic mass is 9.77. The van der Waals surface area contributed by atoms with E-state index in [9.17, 15) is 15.3 Å². The van der Waals surface area contributed by atoms with Gasteiger partial charge >= 0.3 is 0 Å². The van der Waals surface area contributed by atoms with Crippen molar-refractivity contribution in [1.82, 2.24) is 0 Å². The van der Waals surface area contributed by atoms with E-state index < -0.39 is 18.3 Å². The maximum Gasteiger partial charge on any atom is 0.106 e. The van der Waals surface area contributed by atoms with Gasteiger partial charge in [-0.1, -0.05) is 6.92 Å². The molecule has 1 aliphatic carbocycles. The summed E-state index contributed by atoms with van der Waals surface area (Å²) >= 11 is 0. The van der Waals surface area contributed by atoms with Crippen molar-refractivity contribution in [1.29, 1.82) is 0 Å². The number of aliphatic hydroxyl groups excluding tert-OH is 4. The van der Waals surface area contributed by atoms with Crippen molar-refractivity contribution in [3.8, 4) is 0 Å². The van der Waals surface area contributed by atoms with Gasteiger partial charge in [-0.2, -0.15) is 0 Å². The van der Waals surface area contributed by atoms with Crippen molar-refractivity contribution >= 4 is 0 Å². The minimum Gasteiger partial charge on any atom is -0.396 e. The summed E-state index contributed by atoms with van der Waals surface area (Å²) in [4.78, 5) is 0. The van der Waals surface area contributed by atoms with Crippen molar-refractivity contribution in [2.45, 2.75) is 31.7 Å². The molecule has 4 heteroatoms. The molecule has 0 aromatic rings. The summed E-state index contributed by atoms with van der Waals surface area (Å²) in [7, 11) is 0. The van der Waals surface area contributed by atoms with E-state index in [1.54, 1.807) is 6.92 Å². The van der Waals surface area contributed by atoms with E-state index in [1.165, 1.54) is 0 Å². The fourth-order valence-electron chi connectivity index (χ4n) is 1.76. The van der Waals surface area contributed by atoms with Crippen molar-refractivity contribution < 1.29 is 20.4 Å². The Morgan fingerprint density at radius 2 is 1.67 bits per heavy atom. The SMILES string of the molecule is C[C@@H]1C[C@H](CO)[C@@H](O)[C@H](O)[C@H]1O. The highest BCUT2D eigenvalue weighted by atomic mass is 16.4. The molecular formula is C8H16O4. The van der Waals surface area contributed by atoms with Crippen LogP contribution in [0.2, 0.25) is 0 Å². The van der Waals surface area contributed by atoms with Gasteiger partial charge in [-0.3, -0.25) is 0 Å². The zero-order chi connectivity index (χ0) is 9.30. The topological polar surface area (TPSA) is 80.9 Å². The molecule has 0 heterocycles. The number of hydrogen-bond acceptors (Lipinski definition) is 4. The smallest absolute Gasteiger partial charge is 0.106 e. The molecule has 5 atom stereocenters. The highest BCUT2D eigenvalue weighted by Gasteiger charge is 2.40. The summed E-state index contributed by atoms with van der Waals surface area (Å²) in [5.74, 6) is -0.376. The largest absolute Gasteiger partial charge is 0.396 e. The lowest BCUT2D eigenvalue weighted by Crippen LogP contribution is -2.51. The number of hydrogen-bond donors (Lipinski definition) is 4. The van der Waals surface area contributed by atoms with Gasteiger partial charge in [0.25, 0.3) is 0 Å². The second-order valence-electron chi connectivity index (χ2n) is 3.63. The van der Waals surface area contributed by atoms with Crippen LogP contribution in [-0.2, 0) is 0 Å². The van der Waals surface area contributed by atoms with Gasteiger partial charge in [0.1, 0.15) is 6.10 Å². The second kappa shape index (κ2) is 3.70. The van der Waals surface area contributed by atoms with Crippen LogP contribution in [-0.4, -0.2) is 45.3 Å². The standard InChI is InChI=1S/C8H16O4/c1-4-2-5(3-9)7(11)8(12)6(4)10/h4-12H,2-3H2,1H3/t4-,5-,6+,7-,8-/m1/s1. The van der Waals surface area contributed by atoms with Crippen LogP contribution in [0.25, 0.3) is 0 Å². The van der Waals surface area contributed by atoms with Crippen molar-refractivity contribution in [3.05, 3.63) is 0 Å². The summed E-state index contributed by atoms with van der Waals surface area (Å²) in [6.07, 6.45) is -2.44. The van der Waals surface area contributed by atoms with Crippen LogP contribution in [0, 0.1) is 11.8 Å². The fraction of sp³-hybridized carbons (Fsp3) is 1.00. The van der Waals surface area contributed by atoms with Gasteiger partial charge in [0.2, 0.25) is 0 Å². The van der Waals surface area contributed by atoms with E-state index in [1.807, 2.05) is 0 Å². The summed E-state index contributed by atoms with van der Waals surface area (Å²) < 4.78 is 0. The maximum atomic E-state index is 9.36. The molecule has 0 spiro atoms. The van der Waals surface area contributed by atoms with Crippen molar-refractivity contribution in [2.24, 2.45) is 11.8 Å². The Balaban J connectivity index is 2.63. The van der Waals surface area contributed by atoms with Gasteiger partial charge in [-0.25, -0.2) is 0 Å². The average Bonchev–Trinajstić information content (AvgIpc) is 2.08. The lowest BCUT2D eigenvalue weighted by molar-refractivity contribution is -0.138. The van der Waals surface area contributed by atoms with Gasteiger partial charge in [0, 0.05) is 12.5 Å². The Labute approximate surface area is 71.5 Å². The summed E-state index contributed by atoms with van der Waals surface area (Å²) in [6, 6.07) is 0. The van der Waals surface area contributed by atoms with E-state index in [4.69, 9.17) is 5.11 Å². The normalized spacial score (nSPS) is 49.2. The zero-order valence-electron chi connectivity index (χ0n) is 7.09. The molecular weight excluding hydrogens is 160 g/mol. The predicted molar refractivity (Wildman–Crippen MR) is 42.4 cm³/mol. The molecule has 1 rings (SSSR count). The molecule has 0 saturated heterocycles. The number of aliphatic hydroxyl groups is 4. The Hall–Kier alpha value is -0.160. The zero-order valence-corrected chi connectivity index (χ0v) is 7.09. The van der Waals surface area contributed by atoms with E-state index in [-0.39, 0.29) is 18.4 Å². The van der Waals surface area contributed by atoms with Crippen LogP contribution in [0.4, 0.5) is 0 Å². The van der Waals surface area contributed by atoms with Crippen LogP contribution in [0.1, 0.15) is 13.3 Å². The first-order valence-corrected chi connectivity index (χ1v) is 4.23. The first-order valence-electron chi connectivity index (χ1n) is 4.23. The van der Waals surface area contributed by atoms with Gasteiger partial charge in [0.05, 0.1) is 12.2 Å². The molecule has 0 radical (unpaired) electrons. The van der Waals surface area contributed by atoms with E-state index in [0.29, 0.717) is 6.42 Å². The minimum atomic E-state index is -1.12. The average molecular weight is 176 g/mol. The molecule has 0 unspecified atom stereocenters. The van der Waals surface area contributed by atoms with E-state index in [2.05, 4.69) is 0 Å². The summed E-state index contributed by atoms with van der Waals surface area (Å²) in [5, 5.41) is 36.8. The van der Waals surface area contributed by atoms with Crippen LogP contribution >= 0.6 is 0 Å². The molecule has 0 bridgehead atoms. The Morgan fingerprint density at radius 1 is 1.08 bits per heavy atom. The van der Waals surface area contributed by atoms with Crippen molar-refractivity contribution in [2.75, 3.05) is 6.61 Å². The molecule has 0 aromatic heterocycles. The Kier molecular flexibility index (Phi) is 3.06. The highest BCUT2D eigenvalue weighted by molar-refractivity contribution is 4.90. The summed E-state index contributed by atoms with van der Waals surface area (Å²) in [5.41, 5.74) is 0. The third kappa shape index (κ3) is 1.61. The monoisotopic (exact) mass is 176 g/mol. The Morgan fingerprint density at radius 3 is 2.17 bits per heavy atom. The third-order valence-corrected chi connectivity index (χ3v) is 2.67. The quantitative estimate of drug-likeness (QED) is 0.401. The molecule has 4 N–H and O–H groups in total. The first-order chi connectivity index (χ1) is 5.57. The minimum absolute atomic E-state index is 0.0689. The third-order valence-electron chi connectivity index (χ3n) is 2.67. The van der Waals surface area contributed by atoms with Gasteiger partial charge in [-0.05, 0) is 12.3 Å². The Bertz CT molecular complexity index is 145. The maximum absolute atomic E-state index is 9.36. The van der Waals surface area contributed by atoms with Gasteiger partial charge < -0.3 is 20.4 Å². The van der Waals surface area contributed by atoms with E-state index >= 15 is 0 Å². The molecule has 1 saturated carbocycles. The lowest BCUT2D eigenvalue weighted by Gasteiger charge is -2.38. The molecule has 0 aromatic carbocycles. The van der Waals surface area contributed by atoms with Crippen LogP contribution in [0.5, 0.6) is 0 Å². The second-order valence-corrected chi connectivity index (χ2v) is 3.63. The molecule has 0 aliphatic heterocycles. The van der Waals surface area contributed by atoms with Gasteiger partial charge in [-0.15, -0.1) is 0 Å². The van der Waals surface area contributed by atoms with E-state index in [0.717, 1.165) is 0 Å². The molecule has 1 aliphatic rings. The molecule has 1 fully saturated rings. The van der Waals surface area contributed by atoms with Crippen molar-refractivity contribution in [3.63, 3.8) is 0 Å². The highest BCUT2D eigenvalue weighted by Crippen LogP contribution is 2.29. The molecule has 4 nitrogen and oxygen atoms in total. The summed E-state index contributed by atoms with van der Waals surface area (Å²) in [6.45, 7) is 1.65. The van der Waals surface area contributed by atoms with Gasteiger partial charge in [0.15, 0.2) is 0 Å². The fourth-order valence-corrected chi connectivity index (χ4v) is 1.76. The molecule has 12 heavy (non-hydrogen) atoms. The van der Waals surface area contributed by atoms with Crippen LogP contribution in [0.15, 0.2) is 0 Å². The number of rotatable bonds is 1. The first kappa shape index (κ1) is 9.92. The molecule has 0 amide bonds. The van der Waals surface area contributed by atoms with Crippen LogP contribution in [0.3, 0.4) is 0 Å². The predicted octanol–water partition coefficient (Wildman–Crippen LogP) is -1.28.